The minimum absolute atomic E-state index is 0.0584. The van der Waals surface area contributed by atoms with Crippen LogP contribution in [0, 0.1) is 5.92 Å². The number of nitrogens with zero attached hydrogens (tertiary/aromatic N) is 4. The number of nitrogens with one attached hydrogen (secondary N) is 2. The zero-order valence-corrected chi connectivity index (χ0v) is 14.5. The van der Waals surface area contributed by atoms with E-state index in [4.69, 9.17) is 0 Å². The third-order valence-electron chi connectivity index (χ3n) is 5.54. The van der Waals surface area contributed by atoms with Crippen LogP contribution in [0.1, 0.15) is 53.8 Å². The Balaban J connectivity index is 1.38. The second-order valence-electron chi connectivity index (χ2n) is 7.01. The molecule has 0 spiro atoms. The Bertz CT molecular complexity index is 825. The van der Waals surface area contributed by atoms with Crippen LogP contribution in [-0.2, 0) is 25.8 Å². The molecule has 25 heavy (non-hydrogen) atoms. The number of piperidine rings is 1. The van der Waals surface area contributed by atoms with E-state index in [0.29, 0.717) is 18.2 Å². The van der Waals surface area contributed by atoms with Gasteiger partial charge in [0.25, 0.3) is 5.91 Å². The Hall–Kier alpha value is -2.38. The lowest BCUT2D eigenvalue weighted by atomic mass is 9.93. The second kappa shape index (κ2) is 6.50. The van der Waals surface area contributed by atoms with Crippen molar-refractivity contribution in [2.24, 2.45) is 5.92 Å². The zero-order valence-electron chi connectivity index (χ0n) is 14.5. The number of amides is 1. The van der Waals surface area contributed by atoms with Crippen LogP contribution in [0.25, 0.3) is 0 Å². The molecule has 0 bridgehead atoms. The van der Waals surface area contributed by atoms with E-state index < -0.39 is 0 Å². The van der Waals surface area contributed by atoms with Gasteiger partial charge in [-0.2, -0.15) is 10.2 Å². The quantitative estimate of drug-likeness (QED) is 0.860. The van der Waals surface area contributed by atoms with Gasteiger partial charge in [0.15, 0.2) is 5.69 Å². The lowest BCUT2D eigenvalue weighted by molar-refractivity contribution is 0.0682. The fourth-order valence-electron chi connectivity index (χ4n) is 4.08. The minimum Gasteiger partial charge on any atom is -0.337 e. The average Bonchev–Trinajstić information content (AvgIpc) is 3.31. The minimum atomic E-state index is -0.141. The largest absolute Gasteiger partial charge is 0.343 e. The first-order valence-corrected chi connectivity index (χ1v) is 9.16. The first kappa shape index (κ1) is 16.1. The third-order valence-corrected chi connectivity index (χ3v) is 5.54. The SMILES string of the molecule is CCn1c(CC2CCN(C(=O)c3n[nH]c4c3CCC4)CC2)n[nH]c1=O. The summed E-state index contributed by atoms with van der Waals surface area (Å²) in [5.41, 5.74) is 2.74. The molecule has 1 amide bonds. The molecule has 134 valence electrons. The molecule has 2 aromatic heterocycles. The smallest absolute Gasteiger partial charge is 0.337 e. The van der Waals surface area contributed by atoms with Crippen molar-refractivity contribution in [2.45, 2.75) is 52.0 Å². The number of fused-ring (bicyclic) bond motifs is 1. The number of carbonyl (C=O) groups is 1. The predicted octanol–water partition coefficient (Wildman–Crippen LogP) is 0.898. The van der Waals surface area contributed by atoms with Gasteiger partial charge in [-0.3, -0.25) is 14.5 Å². The second-order valence-corrected chi connectivity index (χ2v) is 7.01. The summed E-state index contributed by atoms with van der Waals surface area (Å²) in [6.07, 6.45) is 5.71. The number of likely N-dealkylation sites (tertiary alicyclic amines) is 1. The highest BCUT2D eigenvalue weighted by molar-refractivity contribution is 5.94. The van der Waals surface area contributed by atoms with Gasteiger partial charge < -0.3 is 4.90 Å². The van der Waals surface area contributed by atoms with Crippen molar-refractivity contribution >= 4 is 5.91 Å². The van der Waals surface area contributed by atoms with Gasteiger partial charge in [-0.1, -0.05) is 0 Å². The Morgan fingerprint density at radius 2 is 2.00 bits per heavy atom. The number of aromatic nitrogens is 5. The molecule has 3 heterocycles. The number of hydrogen-bond acceptors (Lipinski definition) is 4. The van der Waals surface area contributed by atoms with E-state index >= 15 is 0 Å². The zero-order chi connectivity index (χ0) is 17.4. The normalized spacial score (nSPS) is 17.9. The first-order chi connectivity index (χ1) is 12.2. The molecule has 1 saturated heterocycles. The fourth-order valence-corrected chi connectivity index (χ4v) is 4.08. The van der Waals surface area contributed by atoms with E-state index in [-0.39, 0.29) is 11.6 Å². The predicted molar refractivity (Wildman–Crippen MR) is 91.5 cm³/mol. The Labute approximate surface area is 145 Å². The summed E-state index contributed by atoms with van der Waals surface area (Å²) < 4.78 is 1.69. The molecule has 0 aromatic carbocycles. The van der Waals surface area contributed by atoms with Crippen molar-refractivity contribution in [3.8, 4) is 0 Å². The highest BCUT2D eigenvalue weighted by Gasteiger charge is 2.29. The van der Waals surface area contributed by atoms with Gasteiger partial charge in [0.05, 0.1) is 0 Å². The summed E-state index contributed by atoms with van der Waals surface area (Å²) >= 11 is 0. The molecular weight excluding hydrogens is 320 g/mol. The third kappa shape index (κ3) is 2.89. The van der Waals surface area contributed by atoms with Crippen LogP contribution < -0.4 is 5.69 Å². The number of H-pyrrole nitrogens is 2. The Morgan fingerprint density at radius 1 is 1.20 bits per heavy atom. The van der Waals surface area contributed by atoms with Crippen LogP contribution in [-0.4, -0.2) is 48.9 Å². The van der Waals surface area contributed by atoms with Gasteiger partial charge in [-0.15, -0.1) is 0 Å². The molecule has 2 aromatic rings. The molecule has 2 aliphatic rings. The van der Waals surface area contributed by atoms with Crippen LogP contribution in [0.15, 0.2) is 4.79 Å². The van der Waals surface area contributed by atoms with Crippen molar-refractivity contribution in [2.75, 3.05) is 13.1 Å². The highest BCUT2D eigenvalue weighted by atomic mass is 16.2. The van der Waals surface area contributed by atoms with Crippen molar-refractivity contribution in [3.05, 3.63) is 33.3 Å². The molecule has 0 saturated carbocycles. The van der Waals surface area contributed by atoms with Crippen molar-refractivity contribution < 1.29 is 4.79 Å². The molecule has 8 nitrogen and oxygen atoms in total. The summed E-state index contributed by atoms with van der Waals surface area (Å²) in [5.74, 6) is 1.33. The van der Waals surface area contributed by atoms with E-state index in [0.717, 1.165) is 68.7 Å². The average molecular weight is 344 g/mol. The molecule has 0 radical (unpaired) electrons. The molecule has 4 rings (SSSR count). The maximum absolute atomic E-state index is 12.8. The van der Waals surface area contributed by atoms with Crippen molar-refractivity contribution in [1.82, 2.24) is 29.9 Å². The number of carbonyl (C=O) groups excluding carboxylic acids is 1. The number of aromatic amines is 2. The lowest BCUT2D eigenvalue weighted by Crippen LogP contribution is -2.39. The maximum Gasteiger partial charge on any atom is 0.343 e. The fraction of sp³-hybridized carbons (Fsp3) is 0.647. The van der Waals surface area contributed by atoms with E-state index in [2.05, 4.69) is 20.4 Å². The molecule has 1 aliphatic carbocycles. The summed E-state index contributed by atoms with van der Waals surface area (Å²) in [4.78, 5) is 26.3. The van der Waals surface area contributed by atoms with Gasteiger partial charge in [0, 0.05) is 37.3 Å². The molecule has 8 heteroatoms. The van der Waals surface area contributed by atoms with Crippen LogP contribution in [0.4, 0.5) is 0 Å². The van der Waals surface area contributed by atoms with Crippen LogP contribution in [0.3, 0.4) is 0 Å². The summed E-state index contributed by atoms with van der Waals surface area (Å²) in [7, 11) is 0. The van der Waals surface area contributed by atoms with E-state index in [1.54, 1.807) is 4.57 Å². The molecule has 1 fully saturated rings. The van der Waals surface area contributed by atoms with Gasteiger partial charge in [0.1, 0.15) is 5.82 Å². The van der Waals surface area contributed by atoms with Gasteiger partial charge >= 0.3 is 5.69 Å². The van der Waals surface area contributed by atoms with E-state index in [1.807, 2.05) is 11.8 Å². The molecular formula is C17H24N6O2. The Morgan fingerprint density at radius 3 is 2.76 bits per heavy atom. The van der Waals surface area contributed by atoms with Crippen LogP contribution in [0.2, 0.25) is 0 Å². The highest BCUT2D eigenvalue weighted by Crippen LogP contribution is 2.26. The summed E-state index contributed by atoms with van der Waals surface area (Å²) in [5, 5.41) is 14.0. The van der Waals surface area contributed by atoms with Gasteiger partial charge in [0.2, 0.25) is 0 Å². The topological polar surface area (TPSA) is 99.7 Å². The standard InChI is InChI=1S/C17H24N6O2/c1-2-23-14(19-21-17(23)25)10-11-6-8-22(9-7-11)16(24)15-12-4-3-5-13(12)18-20-15/h11H,2-10H2,1H3,(H,18,20)(H,21,25). The molecule has 0 unspecified atom stereocenters. The summed E-state index contributed by atoms with van der Waals surface area (Å²) in [6, 6.07) is 0. The van der Waals surface area contributed by atoms with Gasteiger partial charge in [-0.25, -0.2) is 9.89 Å². The number of hydrogen-bond donors (Lipinski definition) is 2. The van der Waals surface area contributed by atoms with Crippen LogP contribution in [0.5, 0.6) is 0 Å². The van der Waals surface area contributed by atoms with E-state index in [1.165, 1.54) is 0 Å². The van der Waals surface area contributed by atoms with Crippen LogP contribution >= 0.6 is 0 Å². The van der Waals surface area contributed by atoms with Crippen molar-refractivity contribution in [1.29, 1.82) is 0 Å². The summed E-state index contributed by atoms with van der Waals surface area (Å²) in [6.45, 7) is 4.06. The van der Waals surface area contributed by atoms with Crippen molar-refractivity contribution in [3.63, 3.8) is 0 Å². The molecule has 1 aliphatic heterocycles. The molecule has 2 N–H and O–H groups in total. The lowest BCUT2D eigenvalue weighted by Gasteiger charge is -2.31. The number of aryl methyl sites for hydroxylation is 1. The maximum atomic E-state index is 12.8. The van der Waals surface area contributed by atoms with Gasteiger partial charge in [-0.05, 0) is 44.9 Å². The number of rotatable bonds is 4. The van der Waals surface area contributed by atoms with E-state index in [9.17, 15) is 9.59 Å². The monoisotopic (exact) mass is 344 g/mol. The molecule has 0 atom stereocenters. The first-order valence-electron chi connectivity index (χ1n) is 9.16. The Kier molecular flexibility index (Phi) is 4.19.